The summed E-state index contributed by atoms with van der Waals surface area (Å²) in [5.74, 6) is 1.81. The number of ether oxygens (including phenoxy) is 1. The van der Waals surface area contributed by atoms with E-state index in [4.69, 9.17) is 4.74 Å². The molecule has 1 N–H and O–H groups in total. The molecular weight excluding hydrogens is 210 g/mol. The lowest BCUT2D eigenvalue weighted by molar-refractivity contribution is 0.213. The fourth-order valence-corrected chi connectivity index (χ4v) is 2.64. The molecule has 1 aliphatic heterocycles. The lowest BCUT2D eigenvalue weighted by atomic mass is 9.99. The summed E-state index contributed by atoms with van der Waals surface area (Å²) in [5, 5.41) is 3.39. The van der Waals surface area contributed by atoms with Gasteiger partial charge in [0.25, 0.3) is 0 Å². The third-order valence-electron chi connectivity index (χ3n) is 3.53. The van der Waals surface area contributed by atoms with Crippen LogP contribution in [0.15, 0.2) is 12.1 Å². The van der Waals surface area contributed by atoms with Crippen LogP contribution in [-0.4, -0.2) is 19.7 Å². The molecule has 0 aromatic heterocycles. The van der Waals surface area contributed by atoms with Crippen LogP contribution in [0.1, 0.15) is 29.5 Å². The molecule has 1 fully saturated rings. The molecule has 17 heavy (non-hydrogen) atoms. The number of hydrogen-bond donors (Lipinski definition) is 1. The molecule has 0 unspecified atom stereocenters. The number of piperidine rings is 1. The molecule has 1 aliphatic rings. The van der Waals surface area contributed by atoms with Crippen LogP contribution in [0.5, 0.6) is 5.75 Å². The van der Waals surface area contributed by atoms with E-state index >= 15 is 0 Å². The molecule has 0 saturated carbocycles. The summed E-state index contributed by atoms with van der Waals surface area (Å²) in [5.41, 5.74) is 3.84. The Bertz CT molecular complexity index is 358. The van der Waals surface area contributed by atoms with Crippen molar-refractivity contribution >= 4 is 0 Å². The highest BCUT2D eigenvalue weighted by atomic mass is 16.5. The molecule has 1 aromatic rings. The Balaban J connectivity index is 1.98. The maximum Gasteiger partial charge on any atom is 0.125 e. The van der Waals surface area contributed by atoms with E-state index in [2.05, 4.69) is 38.2 Å². The van der Waals surface area contributed by atoms with Gasteiger partial charge in [0.15, 0.2) is 0 Å². The van der Waals surface area contributed by atoms with Crippen LogP contribution >= 0.6 is 0 Å². The van der Waals surface area contributed by atoms with Crippen molar-refractivity contribution < 1.29 is 4.74 Å². The minimum atomic E-state index is 0.719. The van der Waals surface area contributed by atoms with Gasteiger partial charge < -0.3 is 10.1 Å². The minimum Gasteiger partial charge on any atom is -0.493 e. The fourth-order valence-electron chi connectivity index (χ4n) is 2.64. The van der Waals surface area contributed by atoms with Crippen molar-refractivity contribution in [2.24, 2.45) is 5.92 Å². The fraction of sp³-hybridized carbons (Fsp3) is 0.600. The van der Waals surface area contributed by atoms with E-state index in [1.807, 2.05) is 0 Å². The van der Waals surface area contributed by atoms with Gasteiger partial charge in [-0.2, -0.15) is 0 Å². The second kappa shape index (κ2) is 5.54. The summed E-state index contributed by atoms with van der Waals surface area (Å²) < 4.78 is 6.03. The Kier molecular flexibility index (Phi) is 4.06. The van der Waals surface area contributed by atoms with Crippen molar-refractivity contribution in [3.63, 3.8) is 0 Å². The van der Waals surface area contributed by atoms with E-state index in [0.29, 0.717) is 0 Å². The third kappa shape index (κ3) is 3.22. The molecule has 1 aromatic carbocycles. The van der Waals surface area contributed by atoms with Crippen LogP contribution in [0.4, 0.5) is 0 Å². The molecule has 2 heteroatoms. The van der Waals surface area contributed by atoms with Gasteiger partial charge in [-0.1, -0.05) is 17.7 Å². The maximum absolute atomic E-state index is 6.03. The van der Waals surface area contributed by atoms with Gasteiger partial charge in [-0.25, -0.2) is 0 Å². The predicted molar refractivity (Wildman–Crippen MR) is 71.7 cm³/mol. The van der Waals surface area contributed by atoms with Crippen molar-refractivity contribution in [3.05, 3.63) is 28.8 Å². The first-order chi connectivity index (χ1) is 8.16. The molecule has 0 aliphatic carbocycles. The van der Waals surface area contributed by atoms with Crippen LogP contribution in [0, 0.1) is 26.7 Å². The van der Waals surface area contributed by atoms with Crippen molar-refractivity contribution in [3.8, 4) is 5.75 Å². The highest BCUT2D eigenvalue weighted by Gasteiger charge is 2.14. The molecular formula is C15H23NO. The zero-order chi connectivity index (χ0) is 12.3. The highest BCUT2D eigenvalue weighted by molar-refractivity contribution is 5.42. The SMILES string of the molecule is Cc1cc(C)c(OCC2CCNCC2)c(C)c1. The Morgan fingerprint density at radius 1 is 1.12 bits per heavy atom. The Morgan fingerprint density at radius 2 is 1.71 bits per heavy atom. The van der Waals surface area contributed by atoms with E-state index in [1.165, 1.54) is 29.5 Å². The Labute approximate surface area is 104 Å². The van der Waals surface area contributed by atoms with Gasteiger partial charge in [0, 0.05) is 0 Å². The second-order valence-electron chi connectivity index (χ2n) is 5.23. The molecule has 1 saturated heterocycles. The van der Waals surface area contributed by atoms with Gasteiger partial charge in [0.2, 0.25) is 0 Å². The quantitative estimate of drug-likeness (QED) is 0.866. The molecule has 0 atom stereocenters. The minimum absolute atomic E-state index is 0.719. The van der Waals surface area contributed by atoms with E-state index in [1.54, 1.807) is 0 Å². The molecule has 0 amide bonds. The smallest absolute Gasteiger partial charge is 0.125 e. The van der Waals surface area contributed by atoms with Gasteiger partial charge in [-0.15, -0.1) is 0 Å². The van der Waals surface area contributed by atoms with Crippen LogP contribution < -0.4 is 10.1 Å². The van der Waals surface area contributed by atoms with E-state index < -0.39 is 0 Å². The van der Waals surface area contributed by atoms with E-state index in [9.17, 15) is 0 Å². The summed E-state index contributed by atoms with van der Waals surface area (Å²) in [7, 11) is 0. The maximum atomic E-state index is 6.03. The molecule has 0 bridgehead atoms. The second-order valence-corrected chi connectivity index (χ2v) is 5.23. The average molecular weight is 233 g/mol. The molecule has 2 nitrogen and oxygen atoms in total. The van der Waals surface area contributed by atoms with Crippen molar-refractivity contribution in [2.45, 2.75) is 33.6 Å². The van der Waals surface area contributed by atoms with Crippen LogP contribution in [0.2, 0.25) is 0 Å². The van der Waals surface area contributed by atoms with Crippen molar-refractivity contribution in [2.75, 3.05) is 19.7 Å². The van der Waals surface area contributed by atoms with Crippen molar-refractivity contribution in [1.82, 2.24) is 5.32 Å². The topological polar surface area (TPSA) is 21.3 Å². The van der Waals surface area contributed by atoms with Gasteiger partial charge in [0.1, 0.15) is 5.75 Å². The molecule has 0 spiro atoms. The standard InChI is InChI=1S/C15H23NO/c1-11-8-12(2)15(13(3)9-11)17-10-14-4-6-16-7-5-14/h8-9,14,16H,4-7,10H2,1-3H3. The lowest BCUT2D eigenvalue weighted by Crippen LogP contribution is -2.30. The third-order valence-corrected chi connectivity index (χ3v) is 3.53. The predicted octanol–water partition coefficient (Wildman–Crippen LogP) is 2.99. The van der Waals surface area contributed by atoms with Gasteiger partial charge >= 0.3 is 0 Å². The summed E-state index contributed by atoms with van der Waals surface area (Å²) in [6.07, 6.45) is 2.48. The van der Waals surface area contributed by atoms with Crippen LogP contribution in [0.3, 0.4) is 0 Å². The molecule has 94 valence electrons. The first kappa shape index (κ1) is 12.4. The normalized spacial score (nSPS) is 17.1. The monoisotopic (exact) mass is 233 g/mol. The number of hydrogen-bond acceptors (Lipinski definition) is 2. The average Bonchev–Trinajstić information content (AvgIpc) is 2.29. The summed E-state index contributed by atoms with van der Waals surface area (Å²) in [4.78, 5) is 0. The van der Waals surface area contributed by atoms with E-state index in [0.717, 1.165) is 31.4 Å². The first-order valence-electron chi connectivity index (χ1n) is 6.58. The molecule has 1 heterocycles. The van der Waals surface area contributed by atoms with Crippen LogP contribution in [-0.2, 0) is 0 Å². The summed E-state index contributed by atoms with van der Waals surface area (Å²) in [6.45, 7) is 9.55. The largest absolute Gasteiger partial charge is 0.493 e. The highest BCUT2D eigenvalue weighted by Crippen LogP contribution is 2.25. The zero-order valence-electron chi connectivity index (χ0n) is 11.2. The van der Waals surface area contributed by atoms with Gasteiger partial charge in [-0.3, -0.25) is 0 Å². The molecule has 2 rings (SSSR count). The Hall–Kier alpha value is -1.02. The molecule has 0 radical (unpaired) electrons. The Morgan fingerprint density at radius 3 is 2.29 bits per heavy atom. The zero-order valence-corrected chi connectivity index (χ0v) is 11.2. The first-order valence-corrected chi connectivity index (χ1v) is 6.58. The van der Waals surface area contributed by atoms with Gasteiger partial charge in [-0.05, 0) is 63.7 Å². The number of nitrogens with one attached hydrogen (secondary N) is 1. The van der Waals surface area contributed by atoms with E-state index in [-0.39, 0.29) is 0 Å². The number of aryl methyl sites for hydroxylation is 3. The summed E-state index contributed by atoms with van der Waals surface area (Å²) in [6, 6.07) is 4.40. The number of benzene rings is 1. The van der Waals surface area contributed by atoms with Gasteiger partial charge in [0.05, 0.1) is 6.61 Å². The van der Waals surface area contributed by atoms with Crippen LogP contribution in [0.25, 0.3) is 0 Å². The number of rotatable bonds is 3. The van der Waals surface area contributed by atoms with Crippen molar-refractivity contribution in [1.29, 1.82) is 0 Å². The summed E-state index contributed by atoms with van der Waals surface area (Å²) >= 11 is 0. The lowest BCUT2D eigenvalue weighted by Gasteiger charge is -2.23.